The van der Waals surface area contributed by atoms with Crippen molar-refractivity contribution in [3.8, 4) is 0 Å². The lowest BCUT2D eigenvalue weighted by Gasteiger charge is -2.09. The number of halogens is 1. The summed E-state index contributed by atoms with van der Waals surface area (Å²) in [6.07, 6.45) is 0. The van der Waals surface area contributed by atoms with Crippen LogP contribution in [0.3, 0.4) is 0 Å². The first-order chi connectivity index (χ1) is 9.38. The Balaban J connectivity index is 2.39. The van der Waals surface area contributed by atoms with E-state index in [1.54, 1.807) is 38.1 Å². The first-order valence-corrected chi connectivity index (χ1v) is 6.99. The molecule has 1 aromatic rings. The Morgan fingerprint density at radius 2 is 1.80 bits per heavy atom. The van der Waals surface area contributed by atoms with Gasteiger partial charge in [0.1, 0.15) is 0 Å². The van der Waals surface area contributed by atoms with Crippen molar-refractivity contribution in [2.75, 3.05) is 6.61 Å². The van der Waals surface area contributed by atoms with Gasteiger partial charge in [-0.1, -0.05) is 0 Å². The molecule has 0 heterocycles. The molecule has 6 nitrogen and oxygen atoms in total. The third-order valence-electron chi connectivity index (χ3n) is 2.09. The second kappa shape index (κ2) is 7.83. The van der Waals surface area contributed by atoms with E-state index >= 15 is 0 Å². The second-order valence-electron chi connectivity index (χ2n) is 4.26. The van der Waals surface area contributed by atoms with Gasteiger partial charge in [0.15, 0.2) is 6.61 Å². The molecule has 0 saturated heterocycles. The molecule has 0 fully saturated rings. The number of carbonyl (C=O) groups excluding carboxylic acids is 3. The van der Waals surface area contributed by atoms with Gasteiger partial charge >= 0.3 is 12.0 Å². The van der Waals surface area contributed by atoms with E-state index in [0.717, 1.165) is 3.57 Å². The van der Waals surface area contributed by atoms with Crippen LogP contribution in [0.1, 0.15) is 24.2 Å². The summed E-state index contributed by atoms with van der Waals surface area (Å²) in [6, 6.07) is 6.02. The van der Waals surface area contributed by atoms with Gasteiger partial charge in [-0.3, -0.25) is 10.1 Å². The second-order valence-corrected chi connectivity index (χ2v) is 5.50. The van der Waals surface area contributed by atoms with Gasteiger partial charge in [-0.05, 0) is 60.7 Å². The molecule has 0 aliphatic carbocycles. The number of amides is 3. The molecule has 2 N–H and O–H groups in total. The molecule has 0 aliphatic heterocycles. The maximum atomic E-state index is 11.6. The van der Waals surface area contributed by atoms with Crippen LogP contribution in [-0.4, -0.2) is 30.6 Å². The molecular weight excluding hydrogens is 375 g/mol. The van der Waals surface area contributed by atoms with Crippen LogP contribution in [0.4, 0.5) is 4.79 Å². The quantitative estimate of drug-likeness (QED) is 0.606. The van der Waals surface area contributed by atoms with Gasteiger partial charge < -0.3 is 10.1 Å². The van der Waals surface area contributed by atoms with E-state index in [-0.39, 0.29) is 6.04 Å². The minimum atomic E-state index is -0.679. The monoisotopic (exact) mass is 390 g/mol. The Labute approximate surface area is 130 Å². The molecule has 3 amide bonds. The number of nitrogens with one attached hydrogen (secondary N) is 2. The van der Waals surface area contributed by atoms with Crippen LogP contribution in [0.2, 0.25) is 0 Å². The molecule has 0 atom stereocenters. The predicted molar refractivity (Wildman–Crippen MR) is 81.3 cm³/mol. The van der Waals surface area contributed by atoms with Crippen molar-refractivity contribution in [3.63, 3.8) is 0 Å². The summed E-state index contributed by atoms with van der Waals surface area (Å²) >= 11 is 2.11. The average molecular weight is 390 g/mol. The van der Waals surface area contributed by atoms with Gasteiger partial charge in [0.25, 0.3) is 5.91 Å². The van der Waals surface area contributed by atoms with Crippen molar-refractivity contribution in [2.24, 2.45) is 0 Å². The molecular formula is C13H15IN2O4. The van der Waals surface area contributed by atoms with Gasteiger partial charge in [0, 0.05) is 9.61 Å². The van der Waals surface area contributed by atoms with Gasteiger partial charge in [-0.15, -0.1) is 0 Å². The zero-order valence-corrected chi connectivity index (χ0v) is 13.3. The molecule has 0 aromatic heterocycles. The number of imide groups is 1. The number of urea groups is 1. The summed E-state index contributed by atoms with van der Waals surface area (Å²) in [5.74, 6) is -1.29. The van der Waals surface area contributed by atoms with E-state index in [2.05, 4.69) is 33.2 Å². The molecule has 7 heteroatoms. The maximum absolute atomic E-state index is 11.6. The number of hydrogen-bond acceptors (Lipinski definition) is 4. The van der Waals surface area contributed by atoms with Crippen LogP contribution in [0.5, 0.6) is 0 Å². The molecule has 20 heavy (non-hydrogen) atoms. The molecule has 108 valence electrons. The lowest BCUT2D eigenvalue weighted by atomic mass is 10.2. The standard InChI is InChI=1S/C13H15IN2O4/c1-8(2)15-13(19)16-11(17)7-20-12(18)9-3-5-10(14)6-4-9/h3-6,8H,7H2,1-2H3,(H2,15,16,17,19). The Hall–Kier alpha value is -1.64. The molecule has 0 radical (unpaired) electrons. The summed E-state index contributed by atoms with van der Waals surface area (Å²) in [5.41, 5.74) is 0.352. The minimum absolute atomic E-state index is 0.0860. The highest BCUT2D eigenvalue weighted by Gasteiger charge is 2.12. The van der Waals surface area contributed by atoms with Crippen LogP contribution in [-0.2, 0) is 9.53 Å². The zero-order valence-electron chi connectivity index (χ0n) is 11.1. The molecule has 0 aliphatic rings. The Morgan fingerprint density at radius 3 is 2.35 bits per heavy atom. The fourth-order valence-corrected chi connectivity index (χ4v) is 1.62. The van der Waals surface area contributed by atoms with Gasteiger partial charge in [0.05, 0.1) is 5.56 Å². The Bertz CT molecular complexity index is 500. The first kappa shape index (κ1) is 16.4. The molecule has 0 bridgehead atoms. The number of esters is 1. The van der Waals surface area contributed by atoms with E-state index in [4.69, 9.17) is 4.74 Å². The van der Waals surface area contributed by atoms with Crippen molar-refractivity contribution in [2.45, 2.75) is 19.9 Å². The third-order valence-corrected chi connectivity index (χ3v) is 2.81. The summed E-state index contributed by atoms with van der Waals surface area (Å²) in [7, 11) is 0. The SMILES string of the molecule is CC(C)NC(=O)NC(=O)COC(=O)c1ccc(I)cc1. The molecule has 1 rings (SSSR count). The molecule has 1 aromatic carbocycles. The third kappa shape index (κ3) is 6.00. The molecule has 0 unspecified atom stereocenters. The normalized spacial score (nSPS) is 10.0. The zero-order chi connectivity index (χ0) is 15.1. The molecule has 0 saturated carbocycles. The van der Waals surface area contributed by atoms with Crippen molar-refractivity contribution < 1.29 is 19.1 Å². The smallest absolute Gasteiger partial charge is 0.338 e. The summed E-state index contributed by atoms with van der Waals surface area (Å²) in [6.45, 7) is 3.03. The van der Waals surface area contributed by atoms with Crippen LogP contribution in [0.25, 0.3) is 0 Å². The highest BCUT2D eigenvalue weighted by molar-refractivity contribution is 14.1. The number of rotatable bonds is 4. The number of ether oxygens (including phenoxy) is 1. The van der Waals surface area contributed by atoms with Crippen molar-refractivity contribution >= 4 is 40.5 Å². The summed E-state index contributed by atoms with van der Waals surface area (Å²) in [5, 5.41) is 4.55. The van der Waals surface area contributed by atoms with Gasteiger partial charge in [-0.25, -0.2) is 9.59 Å². The lowest BCUT2D eigenvalue weighted by molar-refractivity contribution is -0.123. The van der Waals surface area contributed by atoms with Crippen molar-refractivity contribution in [1.29, 1.82) is 0 Å². The van der Waals surface area contributed by atoms with Crippen LogP contribution in [0, 0.1) is 3.57 Å². The van der Waals surface area contributed by atoms with E-state index < -0.39 is 24.5 Å². The van der Waals surface area contributed by atoms with Crippen LogP contribution < -0.4 is 10.6 Å². The molecule has 0 spiro atoms. The van der Waals surface area contributed by atoms with E-state index in [0.29, 0.717) is 5.56 Å². The maximum Gasteiger partial charge on any atom is 0.338 e. The largest absolute Gasteiger partial charge is 0.452 e. The van der Waals surface area contributed by atoms with E-state index in [9.17, 15) is 14.4 Å². The number of hydrogen-bond donors (Lipinski definition) is 2. The number of carbonyl (C=O) groups is 3. The summed E-state index contributed by atoms with van der Waals surface area (Å²) < 4.78 is 5.79. The van der Waals surface area contributed by atoms with Crippen LogP contribution >= 0.6 is 22.6 Å². The highest BCUT2D eigenvalue weighted by Crippen LogP contribution is 2.07. The highest BCUT2D eigenvalue weighted by atomic mass is 127. The average Bonchev–Trinajstić information content (AvgIpc) is 2.35. The van der Waals surface area contributed by atoms with E-state index in [1.165, 1.54) is 0 Å². The fraction of sp³-hybridized carbons (Fsp3) is 0.308. The topological polar surface area (TPSA) is 84.5 Å². The summed E-state index contributed by atoms with van der Waals surface area (Å²) in [4.78, 5) is 34.2. The fourth-order valence-electron chi connectivity index (χ4n) is 1.26. The lowest BCUT2D eigenvalue weighted by Crippen LogP contribution is -2.44. The first-order valence-electron chi connectivity index (χ1n) is 5.91. The minimum Gasteiger partial charge on any atom is -0.452 e. The van der Waals surface area contributed by atoms with Crippen molar-refractivity contribution in [1.82, 2.24) is 10.6 Å². The Morgan fingerprint density at radius 1 is 1.20 bits per heavy atom. The predicted octanol–water partition coefficient (Wildman–Crippen LogP) is 1.68. The van der Waals surface area contributed by atoms with Crippen molar-refractivity contribution in [3.05, 3.63) is 33.4 Å². The van der Waals surface area contributed by atoms with Crippen LogP contribution in [0.15, 0.2) is 24.3 Å². The van der Waals surface area contributed by atoms with Gasteiger partial charge in [0.2, 0.25) is 0 Å². The van der Waals surface area contributed by atoms with E-state index in [1.807, 2.05) is 0 Å². The number of benzene rings is 1. The Kier molecular flexibility index (Phi) is 6.43. The van der Waals surface area contributed by atoms with Gasteiger partial charge in [-0.2, -0.15) is 0 Å².